The summed E-state index contributed by atoms with van der Waals surface area (Å²) in [5.41, 5.74) is 9.18. The van der Waals surface area contributed by atoms with E-state index in [2.05, 4.69) is 9.97 Å². The minimum atomic E-state index is -1.07. The molecule has 6 aromatic heterocycles. The number of fused-ring (bicyclic) bond motifs is 9. The van der Waals surface area contributed by atoms with E-state index in [-0.39, 0.29) is 11.1 Å². The quantitative estimate of drug-likeness (QED) is 0.156. The molecule has 0 atom stereocenters. The standard InChI is InChI=1S/C50H28N6O4/c57-49(58)37-23-33(39-15-11-29-7-5-27-3-1-19-51-43(27)45(29)53-39)21-35(25-37)41-17-13-31-9-10-32-14-18-42(56-48(32)47(31)55-41)36-22-34(24-38(26-36)50(59)60)40-16-12-30-8-6-28-4-2-20-52-44(28)46(30)54-40/h1-26H,(H,57,58)(H,59,60). The highest BCUT2D eigenvalue weighted by atomic mass is 16.4. The Morgan fingerprint density at radius 3 is 0.900 bits per heavy atom. The first-order valence-electron chi connectivity index (χ1n) is 19.1. The Bertz CT molecular complexity index is 3410. The Balaban J connectivity index is 1.04. The van der Waals surface area contributed by atoms with E-state index in [0.29, 0.717) is 56.1 Å². The molecule has 0 spiro atoms. The summed E-state index contributed by atoms with van der Waals surface area (Å²) in [5, 5.41) is 25.9. The lowest BCUT2D eigenvalue weighted by Crippen LogP contribution is -1.99. The molecule has 0 fully saturated rings. The van der Waals surface area contributed by atoms with Crippen LogP contribution in [-0.2, 0) is 0 Å². The zero-order chi connectivity index (χ0) is 40.5. The van der Waals surface area contributed by atoms with Crippen molar-refractivity contribution in [2.24, 2.45) is 0 Å². The van der Waals surface area contributed by atoms with E-state index in [1.54, 1.807) is 36.7 Å². The monoisotopic (exact) mass is 776 g/mol. The van der Waals surface area contributed by atoms with Crippen LogP contribution in [0, 0.1) is 0 Å². The molecule has 0 bridgehead atoms. The Morgan fingerprint density at radius 1 is 0.333 bits per heavy atom. The highest BCUT2D eigenvalue weighted by Crippen LogP contribution is 2.34. The highest BCUT2D eigenvalue weighted by Gasteiger charge is 2.17. The van der Waals surface area contributed by atoms with Gasteiger partial charge in [-0.15, -0.1) is 0 Å². The average Bonchev–Trinajstić information content (AvgIpc) is 3.30. The van der Waals surface area contributed by atoms with Crippen LogP contribution in [-0.4, -0.2) is 52.1 Å². The summed E-state index contributed by atoms with van der Waals surface area (Å²) in [6.45, 7) is 0. The van der Waals surface area contributed by atoms with Crippen molar-refractivity contribution in [3.63, 3.8) is 0 Å². The van der Waals surface area contributed by atoms with Gasteiger partial charge in [0.2, 0.25) is 0 Å². The predicted molar refractivity (Wildman–Crippen MR) is 234 cm³/mol. The lowest BCUT2D eigenvalue weighted by molar-refractivity contribution is 0.0686. The first-order chi connectivity index (χ1) is 29.3. The Kier molecular flexibility index (Phi) is 7.85. The molecule has 5 aromatic carbocycles. The molecule has 0 aliphatic heterocycles. The second-order valence-electron chi connectivity index (χ2n) is 14.6. The van der Waals surface area contributed by atoms with Crippen molar-refractivity contribution >= 4 is 77.4 Å². The van der Waals surface area contributed by atoms with Gasteiger partial charge in [-0.25, -0.2) is 29.5 Å². The number of aromatic carboxylic acids is 2. The number of carboxylic acids is 2. The average molecular weight is 777 g/mol. The minimum Gasteiger partial charge on any atom is -0.478 e. The van der Waals surface area contributed by atoms with E-state index in [0.717, 1.165) is 54.4 Å². The molecule has 0 amide bonds. The number of hydrogen-bond acceptors (Lipinski definition) is 8. The highest BCUT2D eigenvalue weighted by molar-refractivity contribution is 6.06. The van der Waals surface area contributed by atoms with Crippen molar-refractivity contribution in [1.82, 2.24) is 29.9 Å². The van der Waals surface area contributed by atoms with Crippen LogP contribution in [0.15, 0.2) is 158 Å². The summed E-state index contributed by atoms with van der Waals surface area (Å²) in [7, 11) is 0. The van der Waals surface area contributed by atoms with E-state index in [4.69, 9.17) is 19.9 Å². The second kappa shape index (κ2) is 13.6. The Morgan fingerprint density at radius 2 is 0.600 bits per heavy atom. The number of carbonyl (C=O) groups is 2. The van der Waals surface area contributed by atoms with Crippen molar-refractivity contribution in [3.8, 4) is 45.0 Å². The summed E-state index contributed by atoms with van der Waals surface area (Å²) >= 11 is 0. The van der Waals surface area contributed by atoms with Gasteiger partial charge >= 0.3 is 11.9 Å². The molecular formula is C50H28N6O4. The SMILES string of the molecule is O=C(O)c1cc(-c2ccc3ccc4cccnc4c3n2)cc(-c2ccc3ccc4ccc(-c5cc(C(=O)O)cc(-c6ccc7ccc8cccnc8c7n6)c5)nc4c3n2)c1. The van der Waals surface area contributed by atoms with Crippen LogP contribution in [0.5, 0.6) is 0 Å². The summed E-state index contributed by atoms with van der Waals surface area (Å²) in [5.74, 6) is -2.15. The smallest absolute Gasteiger partial charge is 0.335 e. The van der Waals surface area contributed by atoms with Gasteiger partial charge in [0.25, 0.3) is 0 Å². The molecule has 6 heterocycles. The van der Waals surface area contributed by atoms with Gasteiger partial charge in [-0.1, -0.05) is 72.8 Å². The van der Waals surface area contributed by atoms with Gasteiger partial charge in [-0.05, 0) is 72.8 Å². The molecule has 10 heteroatoms. The fourth-order valence-corrected chi connectivity index (χ4v) is 7.95. The first-order valence-corrected chi connectivity index (χ1v) is 19.1. The number of nitrogens with zero attached hydrogens (tertiary/aromatic N) is 6. The number of rotatable bonds is 6. The van der Waals surface area contributed by atoms with E-state index in [1.165, 1.54) is 0 Å². The molecule has 282 valence electrons. The third kappa shape index (κ3) is 5.90. The number of aromatic nitrogens is 6. The van der Waals surface area contributed by atoms with Gasteiger partial charge < -0.3 is 10.2 Å². The van der Waals surface area contributed by atoms with Crippen molar-refractivity contribution in [2.75, 3.05) is 0 Å². The van der Waals surface area contributed by atoms with Gasteiger partial charge in [0, 0.05) is 67.0 Å². The van der Waals surface area contributed by atoms with Gasteiger partial charge in [-0.3, -0.25) is 9.97 Å². The Hall–Kier alpha value is -8.50. The molecule has 0 unspecified atom stereocenters. The molecule has 0 aliphatic rings. The number of benzene rings is 5. The lowest BCUT2D eigenvalue weighted by atomic mass is 9.99. The van der Waals surface area contributed by atoms with Gasteiger partial charge in [0.15, 0.2) is 0 Å². The maximum absolute atomic E-state index is 12.5. The Labute approximate surface area is 340 Å². The minimum absolute atomic E-state index is 0.0974. The molecule has 0 saturated heterocycles. The van der Waals surface area contributed by atoms with E-state index < -0.39 is 11.9 Å². The molecule has 0 aliphatic carbocycles. The predicted octanol–water partition coefficient (Wildman–Crippen LogP) is 11.0. The van der Waals surface area contributed by atoms with Crippen LogP contribution in [0.1, 0.15) is 20.7 Å². The summed E-state index contributed by atoms with van der Waals surface area (Å²) < 4.78 is 0. The molecule has 0 radical (unpaired) electrons. The summed E-state index contributed by atoms with van der Waals surface area (Å²) in [6.07, 6.45) is 3.47. The summed E-state index contributed by atoms with van der Waals surface area (Å²) in [6, 6.07) is 45.3. The van der Waals surface area contributed by atoms with Gasteiger partial charge in [0.1, 0.15) is 0 Å². The molecule has 0 saturated carbocycles. The fourth-order valence-electron chi connectivity index (χ4n) is 7.95. The van der Waals surface area contributed by atoms with Crippen molar-refractivity contribution in [2.45, 2.75) is 0 Å². The van der Waals surface area contributed by atoms with E-state index in [9.17, 15) is 19.8 Å². The normalized spacial score (nSPS) is 11.6. The largest absolute Gasteiger partial charge is 0.478 e. The van der Waals surface area contributed by atoms with Crippen LogP contribution in [0.3, 0.4) is 0 Å². The van der Waals surface area contributed by atoms with Crippen LogP contribution in [0.2, 0.25) is 0 Å². The molecule has 10 nitrogen and oxygen atoms in total. The molecule has 2 N–H and O–H groups in total. The zero-order valence-electron chi connectivity index (χ0n) is 31.4. The van der Waals surface area contributed by atoms with Crippen molar-refractivity contribution in [3.05, 3.63) is 169 Å². The molecular weight excluding hydrogens is 749 g/mol. The van der Waals surface area contributed by atoms with Crippen LogP contribution >= 0.6 is 0 Å². The molecule has 11 rings (SSSR count). The lowest BCUT2D eigenvalue weighted by Gasteiger charge is -2.12. The number of hydrogen-bond donors (Lipinski definition) is 2. The maximum Gasteiger partial charge on any atom is 0.335 e. The fraction of sp³-hybridized carbons (Fsp3) is 0. The van der Waals surface area contributed by atoms with Crippen LogP contribution in [0.25, 0.3) is 110 Å². The second-order valence-corrected chi connectivity index (χ2v) is 14.6. The maximum atomic E-state index is 12.5. The number of carboxylic acid groups (broad SMARTS) is 2. The van der Waals surface area contributed by atoms with Crippen LogP contribution in [0.4, 0.5) is 0 Å². The van der Waals surface area contributed by atoms with E-state index >= 15 is 0 Å². The van der Waals surface area contributed by atoms with Crippen molar-refractivity contribution < 1.29 is 19.8 Å². The zero-order valence-corrected chi connectivity index (χ0v) is 31.4. The third-order valence-corrected chi connectivity index (χ3v) is 10.9. The van der Waals surface area contributed by atoms with Gasteiger partial charge in [0.05, 0.1) is 67.0 Å². The van der Waals surface area contributed by atoms with Gasteiger partial charge in [-0.2, -0.15) is 0 Å². The molecule has 11 aromatic rings. The van der Waals surface area contributed by atoms with Crippen molar-refractivity contribution in [1.29, 1.82) is 0 Å². The third-order valence-electron chi connectivity index (χ3n) is 10.9. The number of pyridine rings is 6. The molecule has 60 heavy (non-hydrogen) atoms. The summed E-state index contributed by atoms with van der Waals surface area (Å²) in [4.78, 5) is 54.3. The topological polar surface area (TPSA) is 152 Å². The van der Waals surface area contributed by atoms with Crippen LogP contribution < -0.4 is 0 Å². The first kappa shape index (κ1) is 34.7. The van der Waals surface area contributed by atoms with E-state index in [1.807, 2.05) is 121 Å².